The van der Waals surface area contributed by atoms with Crippen molar-refractivity contribution in [3.8, 4) is 11.1 Å². The van der Waals surface area contributed by atoms with Gasteiger partial charge in [-0.1, -0.05) is 12.1 Å². The normalized spacial score (nSPS) is 14.9. The quantitative estimate of drug-likeness (QED) is 0.517. The lowest BCUT2D eigenvalue weighted by Gasteiger charge is -2.36. The molecule has 0 radical (unpaired) electrons. The Morgan fingerprint density at radius 2 is 1.84 bits per heavy atom. The predicted octanol–water partition coefficient (Wildman–Crippen LogP) is 3.55. The Kier molecular flexibility index (Phi) is 6.07. The van der Waals surface area contributed by atoms with Crippen LogP contribution in [-0.4, -0.2) is 62.5 Å². The van der Waals surface area contributed by atoms with Crippen molar-refractivity contribution in [1.29, 1.82) is 0 Å². The minimum atomic E-state index is -0.482. The van der Waals surface area contributed by atoms with E-state index in [0.29, 0.717) is 18.8 Å². The highest BCUT2D eigenvalue weighted by Gasteiger charge is 2.26. The molecule has 1 aliphatic heterocycles. The van der Waals surface area contributed by atoms with E-state index in [2.05, 4.69) is 49.7 Å². The summed E-state index contributed by atoms with van der Waals surface area (Å²) in [5.74, 6) is 0. The highest BCUT2D eigenvalue weighted by molar-refractivity contribution is 14.1. The smallest absolute Gasteiger partial charge is 0.410 e. The van der Waals surface area contributed by atoms with Crippen LogP contribution in [0.25, 0.3) is 16.8 Å². The van der Waals surface area contributed by atoms with Gasteiger partial charge in [0.15, 0.2) is 5.65 Å². The molecule has 0 spiro atoms. The summed E-state index contributed by atoms with van der Waals surface area (Å²) in [6, 6.07) is 10.2. The Hall–Kier alpha value is -2.40. The van der Waals surface area contributed by atoms with Crippen LogP contribution >= 0.6 is 22.6 Å². The predicted molar refractivity (Wildman–Crippen MR) is 127 cm³/mol. The first-order valence-corrected chi connectivity index (χ1v) is 11.3. The summed E-state index contributed by atoms with van der Waals surface area (Å²) in [6.45, 7) is 8.26. The zero-order valence-electron chi connectivity index (χ0n) is 17.9. The van der Waals surface area contributed by atoms with Crippen LogP contribution in [0.2, 0.25) is 0 Å². The van der Waals surface area contributed by atoms with Gasteiger partial charge in [-0.05, 0) is 67.1 Å². The third-order valence-electron chi connectivity index (χ3n) is 5.15. The van der Waals surface area contributed by atoms with E-state index in [4.69, 9.17) is 4.74 Å². The monoisotopic (exact) mass is 535 g/mol. The average Bonchev–Trinajstić information content (AvgIpc) is 3.11. The van der Waals surface area contributed by atoms with Gasteiger partial charge < -0.3 is 19.6 Å². The molecule has 0 saturated carbocycles. The highest BCUT2D eigenvalue weighted by atomic mass is 127. The molecule has 1 saturated heterocycles. The number of fused-ring (bicyclic) bond motifs is 1. The molecular formula is C22H26IN5O3. The van der Waals surface area contributed by atoms with Gasteiger partial charge in [0.1, 0.15) is 9.30 Å². The van der Waals surface area contributed by atoms with Crippen molar-refractivity contribution < 1.29 is 14.6 Å². The summed E-state index contributed by atoms with van der Waals surface area (Å²) < 4.78 is 8.10. The molecular weight excluding hydrogens is 509 g/mol. The van der Waals surface area contributed by atoms with Crippen LogP contribution in [0.4, 0.5) is 10.5 Å². The van der Waals surface area contributed by atoms with E-state index in [1.165, 1.54) is 0 Å². The topological polar surface area (TPSA) is 83.2 Å². The average molecular weight is 535 g/mol. The number of piperazine rings is 1. The zero-order valence-corrected chi connectivity index (χ0v) is 20.0. The fourth-order valence-electron chi connectivity index (χ4n) is 3.61. The van der Waals surface area contributed by atoms with Gasteiger partial charge >= 0.3 is 6.09 Å². The zero-order chi connectivity index (χ0) is 22.2. The molecule has 0 aliphatic carbocycles. The fourth-order valence-corrected chi connectivity index (χ4v) is 4.11. The van der Waals surface area contributed by atoms with E-state index in [0.717, 1.165) is 39.3 Å². The van der Waals surface area contributed by atoms with Crippen molar-refractivity contribution in [2.75, 3.05) is 31.1 Å². The number of rotatable bonds is 3. The second-order valence-corrected chi connectivity index (χ2v) is 9.62. The molecule has 3 aromatic rings. The van der Waals surface area contributed by atoms with E-state index in [1.54, 1.807) is 15.6 Å². The number of nitrogens with zero attached hydrogens (tertiary/aromatic N) is 5. The lowest BCUT2D eigenvalue weighted by atomic mass is 10.0. The number of amides is 1. The van der Waals surface area contributed by atoms with Crippen molar-refractivity contribution in [2.45, 2.75) is 33.0 Å². The number of imidazole rings is 1. The van der Waals surface area contributed by atoms with Crippen LogP contribution in [-0.2, 0) is 11.3 Å². The summed E-state index contributed by atoms with van der Waals surface area (Å²) in [4.78, 5) is 20.7. The Labute approximate surface area is 195 Å². The lowest BCUT2D eigenvalue weighted by molar-refractivity contribution is 0.0240. The minimum Gasteiger partial charge on any atom is -0.444 e. The van der Waals surface area contributed by atoms with Crippen molar-refractivity contribution in [3.63, 3.8) is 0 Å². The third-order valence-corrected chi connectivity index (χ3v) is 5.89. The molecule has 3 heterocycles. The molecule has 4 rings (SSSR count). The maximum Gasteiger partial charge on any atom is 0.410 e. The van der Waals surface area contributed by atoms with E-state index >= 15 is 0 Å². The van der Waals surface area contributed by atoms with Gasteiger partial charge in [-0.15, -0.1) is 0 Å². The summed E-state index contributed by atoms with van der Waals surface area (Å²) in [5, 5.41) is 14.3. The number of aliphatic hydroxyl groups excluding tert-OH is 1. The van der Waals surface area contributed by atoms with Gasteiger partial charge in [0.2, 0.25) is 0 Å². The first-order chi connectivity index (χ1) is 14.7. The first-order valence-electron chi connectivity index (χ1n) is 10.2. The van der Waals surface area contributed by atoms with Crippen LogP contribution < -0.4 is 4.90 Å². The molecule has 1 fully saturated rings. The van der Waals surface area contributed by atoms with E-state index in [1.807, 2.05) is 39.0 Å². The van der Waals surface area contributed by atoms with Crippen molar-refractivity contribution in [2.24, 2.45) is 0 Å². The number of carbonyl (C=O) groups excluding carboxylic acids is 1. The summed E-state index contributed by atoms with van der Waals surface area (Å²) >= 11 is 2.17. The van der Waals surface area contributed by atoms with Gasteiger partial charge in [0.05, 0.1) is 18.5 Å². The number of benzene rings is 1. The van der Waals surface area contributed by atoms with Gasteiger partial charge in [0.25, 0.3) is 0 Å². The molecule has 1 aliphatic rings. The Bertz CT molecular complexity index is 1080. The second kappa shape index (κ2) is 8.62. The van der Waals surface area contributed by atoms with Gasteiger partial charge in [-0.3, -0.25) is 0 Å². The van der Waals surface area contributed by atoms with Crippen molar-refractivity contribution in [1.82, 2.24) is 19.5 Å². The van der Waals surface area contributed by atoms with E-state index in [9.17, 15) is 9.90 Å². The summed E-state index contributed by atoms with van der Waals surface area (Å²) in [7, 11) is 0. The van der Waals surface area contributed by atoms with Crippen LogP contribution in [0.1, 0.15) is 26.5 Å². The van der Waals surface area contributed by atoms with Crippen LogP contribution in [0.15, 0.2) is 36.5 Å². The number of hydrogen-bond acceptors (Lipinski definition) is 6. The van der Waals surface area contributed by atoms with Gasteiger partial charge in [-0.25, -0.2) is 14.3 Å². The van der Waals surface area contributed by atoms with Gasteiger partial charge in [-0.2, -0.15) is 5.10 Å². The molecule has 2 aromatic heterocycles. The number of anilines is 1. The third kappa shape index (κ3) is 4.77. The SMILES string of the molecule is CC(C)(C)OC(=O)N1CCN(c2ccc(-c3cc4ncc(I)n4nc3CO)cc2)CC1. The Morgan fingerprint density at radius 1 is 1.16 bits per heavy atom. The van der Waals surface area contributed by atoms with Crippen LogP contribution in [0, 0.1) is 3.70 Å². The number of hydrogen-bond donors (Lipinski definition) is 1. The number of carbonyl (C=O) groups is 1. The largest absolute Gasteiger partial charge is 0.444 e. The van der Waals surface area contributed by atoms with Crippen LogP contribution in [0.3, 0.4) is 0 Å². The Morgan fingerprint density at radius 3 is 2.45 bits per heavy atom. The molecule has 164 valence electrons. The van der Waals surface area contributed by atoms with E-state index in [-0.39, 0.29) is 12.7 Å². The summed E-state index contributed by atoms with van der Waals surface area (Å²) in [5.41, 5.74) is 3.83. The number of ether oxygens (including phenoxy) is 1. The molecule has 0 bridgehead atoms. The molecule has 1 amide bonds. The maximum absolute atomic E-state index is 12.3. The fraction of sp³-hybridized carbons (Fsp3) is 0.409. The number of aromatic nitrogens is 3. The molecule has 9 heteroatoms. The second-order valence-electron chi connectivity index (χ2n) is 8.52. The number of aliphatic hydroxyl groups is 1. The summed E-state index contributed by atoms with van der Waals surface area (Å²) in [6.07, 6.45) is 1.50. The standard InChI is InChI=1S/C22H26IN5O3/c1-22(2,3)31-21(30)27-10-8-26(9-11-27)16-6-4-15(5-7-16)17-12-20-24-13-19(23)28(20)25-18(17)14-29/h4-7,12-13,29H,8-11,14H2,1-3H3. The molecule has 1 N–H and O–H groups in total. The first kappa shape index (κ1) is 21.8. The molecule has 8 nitrogen and oxygen atoms in total. The van der Waals surface area contributed by atoms with E-state index < -0.39 is 5.60 Å². The minimum absolute atomic E-state index is 0.145. The highest BCUT2D eigenvalue weighted by Crippen LogP contribution is 2.27. The number of halogens is 1. The molecule has 1 aromatic carbocycles. The van der Waals surface area contributed by atoms with Crippen LogP contribution in [0.5, 0.6) is 0 Å². The Balaban J connectivity index is 1.47. The lowest BCUT2D eigenvalue weighted by Crippen LogP contribution is -2.50. The maximum atomic E-state index is 12.3. The molecule has 31 heavy (non-hydrogen) atoms. The van der Waals surface area contributed by atoms with Crippen molar-refractivity contribution in [3.05, 3.63) is 45.9 Å². The van der Waals surface area contributed by atoms with Crippen molar-refractivity contribution >= 4 is 40.0 Å². The molecule has 0 atom stereocenters. The molecule has 0 unspecified atom stereocenters. The van der Waals surface area contributed by atoms with Gasteiger partial charge in [0, 0.05) is 37.4 Å².